The van der Waals surface area contributed by atoms with Crippen LogP contribution in [-0.4, -0.2) is 33.8 Å². The normalized spacial score (nSPS) is 14.3. The summed E-state index contributed by atoms with van der Waals surface area (Å²) in [5.74, 6) is 1.23. The van der Waals surface area contributed by atoms with Crippen LogP contribution < -0.4 is 9.47 Å². The van der Waals surface area contributed by atoms with Crippen molar-refractivity contribution in [2.75, 3.05) is 6.79 Å². The fourth-order valence-electron chi connectivity index (χ4n) is 2.69. The fourth-order valence-corrected chi connectivity index (χ4v) is 2.69. The predicted molar refractivity (Wildman–Crippen MR) is 89.6 cm³/mol. The number of carbonyl (C=O) groups is 1. The first-order valence-corrected chi connectivity index (χ1v) is 8.24. The molecule has 1 atom stereocenters. The molecule has 0 spiro atoms. The average molecular weight is 346 g/mol. The summed E-state index contributed by atoms with van der Waals surface area (Å²) in [6.07, 6.45) is 1.18. The first kappa shape index (κ1) is 17.3. The number of hydrogen-bond donors (Lipinski definition) is 1. The molecule has 134 valence electrons. The van der Waals surface area contributed by atoms with Crippen molar-refractivity contribution in [3.05, 3.63) is 41.6 Å². The summed E-state index contributed by atoms with van der Waals surface area (Å²) in [6.45, 7) is 7.78. The zero-order valence-electron chi connectivity index (χ0n) is 14.6. The quantitative estimate of drug-likeness (QED) is 0.824. The Hall–Kier alpha value is -2.54. The van der Waals surface area contributed by atoms with Crippen LogP contribution in [0.4, 0.5) is 0 Å². The summed E-state index contributed by atoms with van der Waals surface area (Å²) >= 11 is 0. The van der Waals surface area contributed by atoms with Gasteiger partial charge in [-0.3, -0.25) is 4.90 Å². The predicted octanol–water partition coefficient (Wildman–Crippen LogP) is 3.15. The van der Waals surface area contributed by atoms with Crippen molar-refractivity contribution in [3.63, 3.8) is 0 Å². The van der Waals surface area contributed by atoms with Crippen molar-refractivity contribution < 1.29 is 23.8 Å². The third-order valence-electron chi connectivity index (χ3n) is 4.47. The van der Waals surface area contributed by atoms with E-state index >= 15 is 0 Å². The minimum absolute atomic E-state index is 0.0739. The molecule has 7 heteroatoms. The minimum Gasteiger partial charge on any atom is -0.476 e. The molecule has 0 bridgehead atoms. The van der Waals surface area contributed by atoms with Crippen LogP contribution in [0, 0.1) is 5.92 Å². The van der Waals surface area contributed by atoms with Gasteiger partial charge in [0, 0.05) is 12.6 Å². The van der Waals surface area contributed by atoms with Gasteiger partial charge < -0.3 is 19.0 Å². The Morgan fingerprint density at radius 1 is 1.24 bits per heavy atom. The summed E-state index contributed by atoms with van der Waals surface area (Å²) in [5.41, 5.74) is 1.01. The Labute approximate surface area is 146 Å². The van der Waals surface area contributed by atoms with E-state index in [1.807, 2.05) is 18.2 Å². The van der Waals surface area contributed by atoms with Crippen molar-refractivity contribution in [2.45, 2.75) is 39.9 Å². The van der Waals surface area contributed by atoms with Crippen LogP contribution in [0.1, 0.15) is 42.7 Å². The standard InChI is InChI=1S/C18H22N2O5/c1-11(2)12(3)20(8-17-19-14(9-23-17)18(21)22)7-13-4-5-15-16(6-13)25-10-24-15/h4-6,9,11-12H,7-8,10H2,1-3H3,(H,21,22). The van der Waals surface area contributed by atoms with Gasteiger partial charge in [0.1, 0.15) is 6.26 Å². The number of oxazole rings is 1. The Balaban J connectivity index is 1.78. The number of benzene rings is 1. The first-order valence-electron chi connectivity index (χ1n) is 8.24. The molecule has 1 N–H and O–H groups in total. The molecule has 0 fully saturated rings. The lowest BCUT2D eigenvalue weighted by molar-refractivity contribution is 0.0690. The molecule has 1 aliphatic heterocycles. The molecule has 7 nitrogen and oxygen atoms in total. The van der Waals surface area contributed by atoms with E-state index in [1.54, 1.807) is 0 Å². The third-order valence-corrected chi connectivity index (χ3v) is 4.47. The second-order valence-electron chi connectivity index (χ2n) is 6.51. The Kier molecular flexibility index (Phi) is 4.94. The molecule has 1 unspecified atom stereocenters. The van der Waals surface area contributed by atoms with Crippen LogP contribution in [0.2, 0.25) is 0 Å². The van der Waals surface area contributed by atoms with Crippen LogP contribution in [0.25, 0.3) is 0 Å². The summed E-state index contributed by atoms with van der Waals surface area (Å²) in [5, 5.41) is 8.99. The lowest BCUT2D eigenvalue weighted by Gasteiger charge is -2.30. The number of ether oxygens (including phenoxy) is 2. The lowest BCUT2D eigenvalue weighted by Crippen LogP contribution is -2.35. The molecular weight excluding hydrogens is 324 g/mol. The van der Waals surface area contributed by atoms with E-state index in [9.17, 15) is 4.79 Å². The van der Waals surface area contributed by atoms with Crippen LogP contribution >= 0.6 is 0 Å². The SMILES string of the molecule is CC(C)C(C)N(Cc1ccc2c(c1)OCO2)Cc1nc(C(=O)O)co1. The van der Waals surface area contributed by atoms with Crippen LogP contribution in [0.5, 0.6) is 11.5 Å². The molecule has 1 aromatic carbocycles. The summed E-state index contributed by atoms with van der Waals surface area (Å²) in [4.78, 5) is 17.2. The zero-order valence-corrected chi connectivity index (χ0v) is 14.6. The molecule has 3 rings (SSSR count). The maximum atomic E-state index is 11.0. The molecular formula is C18H22N2O5. The van der Waals surface area contributed by atoms with Gasteiger partial charge in [0.05, 0.1) is 6.54 Å². The number of carboxylic acid groups (broad SMARTS) is 1. The highest BCUT2D eigenvalue weighted by atomic mass is 16.7. The van der Waals surface area contributed by atoms with Gasteiger partial charge in [0.25, 0.3) is 0 Å². The molecule has 2 aromatic rings. The Bertz CT molecular complexity index is 756. The zero-order chi connectivity index (χ0) is 18.0. The average Bonchev–Trinajstić information content (AvgIpc) is 3.21. The smallest absolute Gasteiger partial charge is 0.357 e. The molecule has 0 amide bonds. The number of aromatic carboxylic acids is 1. The van der Waals surface area contributed by atoms with E-state index in [2.05, 4.69) is 30.7 Å². The highest BCUT2D eigenvalue weighted by Gasteiger charge is 2.22. The first-order chi connectivity index (χ1) is 11.9. The van der Waals surface area contributed by atoms with Crippen molar-refractivity contribution in [1.82, 2.24) is 9.88 Å². The number of hydrogen-bond acceptors (Lipinski definition) is 6. The number of carboxylic acids is 1. The number of aromatic nitrogens is 1. The van der Waals surface area contributed by atoms with Crippen molar-refractivity contribution >= 4 is 5.97 Å². The third kappa shape index (κ3) is 3.93. The number of fused-ring (bicyclic) bond motifs is 1. The van der Waals surface area contributed by atoms with E-state index in [0.717, 1.165) is 17.1 Å². The Morgan fingerprint density at radius 3 is 2.68 bits per heavy atom. The highest BCUT2D eigenvalue weighted by Crippen LogP contribution is 2.33. The lowest BCUT2D eigenvalue weighted by atomic mass is 10.0. The largest absolute Gasteiger partial charge is 0.476 e. The number of rotatable bonds is 7. The van der Waals surface area contributed by atoms with E-state index in [-0.39, 0.29) is 18.5 Å². The van der Waals surface area contributed by atoms with Crippen LogP contribution in [0.3, 0.4) is 0 Å². The van der Waals surface area contributed by atoms with E-state index in [4.69, 9.17) is 19.0 Å². The molecule has 0 saturated heterocycles. The van der Waals surface area contributed by atoms with Crippen LogP contribution in [0.15, 0.2) is 28.9 Å². The number of nitrogens with zero attached hydrogens (tertiary/aromatic N) is 2. The van der Waals surface area contributed by atoms with Crippen molar-refractivity contribution in [1.29, 1.82) is 0 Å². The van der Waals surface area contributed by atoms with Gasteiger partial charge in [-0.1, -0.05) is 19.9 Å². The minimum atomic E-state index is -1.09. The fraction of sp³-hybridized carbons (Fsp3) is 0.444. The van der Waals surface area contributed by atoms with Gasteiger partial charge in [-0.05, 0) is 30.5 Å². The highest BCUT2D eigenvalue weighted by molar-refractivity contribution is 5.84. The van der Waals surface area contributed by atoms with E-state index in [0.29, 0.717) is 24.9 Å². The van der Waals surface area contributed by atoms with Gasteiger partial charge in [0.2, 0.25) is 12.7 Å². The molecule has 1 aliphatic rings. The van der Waals surface area contributed by atoms with Gasteiger partial charge in [0.15, 0.2) is 17.2 Å². The van der Waals surface area contributed by atoms with Crippen molar-refractivity contribution in [3.8, 4) is 11.5 Å². The summed E-state index contributed by atoms with van der Waals surface area (Å²) in [6, 6.07) is 6.14. The van der Waals surface area contributed by atoms with E-state index in [1.165, 1.54) is 6.26 Å². The maximum Gasteiger partial charge on any atom is 0.357 e. The van der Waals surface area contributed by atoms with Crippen molar-refractivity contribution in [2.24, 2.45) is 5.92 Å². The molecule has 1 aromatic heterocycles. The molecule has 2 heterocycles. The summed E-state index contributed by atoms with van der Waals surface area (Å²) in [7, 11) is 0. The second kappa shape index (κ2) is 7.14. The van der Waals surface area contributed by atoms with E-state index < -0.39 is 5.97 Å². The topological polar surface area (TPSA) is 85.0 Å². The second-order valence-corrected chi connectivity index (χ2v) is 6.51. The van der Waals surface area contributed by atoms with Gasteiger partial charge in [-0.2, -0.15) is 0 Å². The van der Waals surface area contributed by atoms with Crippen LogP contribution in [-0.2, 0) is 13.1 Å². The maximum absolute atomic E-state index is 11.0. The monoisotopic (exact) mass is 346 g/mol. The van der Waals surface area contributed by atoms with Gasteiger partial charge in [-0.15, -0.1) is 0 Å². The van der Waals surface area contributed by atoms with Gasteiger partial charge in [-0.25, -0.2) is 9.78 Å². The molecule has 25 heavy (non-hydrogen) atoms. The Morgan fingerprint density at radius 2 is 2.00 bits per heavy atom. The van der Waals surface area contributed by atoms with Gasteiger partial charge >= 0.3 is 5.97 Å². The molecule has 0 saturated carbocycles. The summed E-state index contributed by atoms with van der Waals surface area (Å²) < 4.78 is 16.1. The molecule has 0 radical (unpaired) electrons. The molecule has 0 aliphatic carbocycles.